The van der Waals surface area contributed by atoms with Gasteiger partial charge in [0, 0.05) is 16.6 Å². The number of fused-ring (bicyclic) bond motifs is 1. The number of nitrogens with zero attached hydrogens (tertiary/aromatic N) is 2. The average Bonchev–Trinajstić information content (AvgIpc) is 3.06. The molecule has 2 aromatic carbocycles. The second-order valence-electron chi connectivity index (χ2n) is 6.35. The fraction of sp³-hybridized carbons (Fsp3) is 0.0909. The minimum atomic E-state index is -1.04. The molecule has 0 spiro atoms. The molecule has 0 saturated heterocycles. The summed E-state index contributed by atoms with van der Waals surface area (Å²) in [5.74, 6) is -1.04. The molecule has 2 N–H and O–H groups in total. The number of pyridine rings is 1. The number of carboxylic acids is 1. The van der Waals surface area contributed by atoms with Crippen molar-refractivity contribution in [3.8, 4) is 11.3 Å². The van der Waals surface area contributed by atoms with Gasteiger partial charge in [-0.05, 0) is 41.5 Å². The van der Waals surface area contributed by atoms with E-state index in [-0.39, 0.29) is 12.3 Å². The van der Waals surface area contributed by atoms with Crippen LogP contribution in [-0.2, 0) is 13.2 Å². The van der Waals surface area contributed by atoms with Crippen LogP contribution in [0, 0.1) is 0 Å². The standard InChI is InChI=1S/C22H18N2O3/c25-14-15-9-10-20-17(11-15)12-21(16-5-2-1-3-6-16)24(20)13-18-7-4-8-19(23-18)22(26)27/h1-12,25H,13-14H2,(H,26,27). The molecule has 0 aliphatic heterocycles. The summed E-state index contributed by atoms with van der Waals surface area (Å²) in [6, 6.07) is 23.0. The number of aromatic nitrogens is 2. The van der Waals surface area contributed by atoms with Crippen molar-refractivity contribution < 1.29 is 15.0 Å². The molecule has 4 rings (SSSR count). The Labute approximate surface area is 156 Å². The molecule has 5 heteroatoms. The first-order valence-electron chi connectivity index (χ1n) is 8.63. The Morgan fingerprint density at radius 1 is 0.963 bits per heavy atom. The third-order valence-corrected chi connectivity index (χ3v) is 4.56. The zero-order chi connectivity index (χ0) is 18.8. The van der Waals surface area contributed by atoms with E-state index in [9.17, 15) is 15.0 Å². The normalized spacial score (nSPS) is 11.0. The van der Waals surface area contributed by atoms with Crippen LogP contribution in [0.5, 0.6) is 0 Å². The fourth-order valence-corrected chi connectivity index (χ4v) is 3.29. The molecular formula is C22H18N2O3. The van der Waals surface area contributed by atoms with Gasteiger partial charge in [-0.1, -0.05) is 42.5 Å². The third kappa shape index (κ3) is 3.32. The molecule has 2 aromatic heterocycles. The molecule has 0 unspecified atom stereocenters. The lowest BCUT2D eigenvalue weighted by molar-refractivity contribution is 0.0690. The highest BCUT2D eigenvalue weighted by molar-refractivity contribution is 5.88. The van der Waals surface area contributed by atoms with E-state index in [4.69, 9.17) is 0 Å². The van der Waals surface area contributed by atoms with Crippen molar-refractivity contribution in [1.29, 1.82) is 0 Å². The second-order valence-corrected chi connectivity index (χ2v) is 6.35. The van der Waals surface area contributed by atoms with Crippen molar-refractivity contribution in [2.24, 2.45) is 0 Å². The predicted molar refractivity (Wildman–Crippen MR) is 104 cm³/mol. The molecule has 0 bridgehead atoms. The maximum absolute atomic E-state index is 11.2. The summed E-state index contributed by atoms with van der Waals surface area (Å²) >= 11 is 0. The van der Waals surface area contributed by atoms with Crippen LogP contribution in [0.4, 0.5) is 0 Å². The van der Waals surface area contributed by atoms with Crippen LogP contribution in [0.2, 0.25) is 0 Å². The third-order valence-electron chi connectivity index (χ3n) is 4.56. The van der Waals surface area contributed by atoms with E-state index in [0.717, 1.165) is 27.7 Å². The summed E-state index contributed by atoms with van der Waals surface area (Å²) in [4.78, 5) is 15.5. The topological polar surface area (TPSA) is 75.3 Å². The summed E-state index contributed by atoms with van der Waals surface area (Å²) < 4.78 is 2.12. The van der Waals surface area contributed by atoms with E-state index in [0.29, 0.717) is 12.2 Å². The molecule has 27 heavy (non-hydrogen) atoms. The molecule has 0 saturated carbocycles. The van der Waals surface area contributed by atoms with Crippen molar-refractivity contribution in [3.63, 3.8) is 0 Å². The van der Waals surface area contributed by atoms with Gasteiger partial charge in [-0.25, -0.2) is 9.78 Å². The number of aliphatic hydroxyl groups excluding tert-OH is 1. The van der Waals surface area contributed by atoms with Crippen LogP contribution in [0.3, 0.4) is 0 Å². The molecule has 0 aliphatic rings. The van der Waals surface area contributed by atoms with Gasteiger partial charge in [-0.2, -0.15) is 0 Å². The molecule has 0 fully saturated rings. The minimum Gasteiger partial charge on any atom is -0.477 e. The lowest BCUT2D eigenvalue weighted by atomic mass is 10.1. The minimum absolute atomic E-state index is 0.00992. The van der Waals surface area contributed by atoms with Gasteiger partial charge in [-0.15, -0.1) is 0 Å². The van der Waals surface area contributed by atoms with Crippen LogP contribution in [-0.4, -0.2) is 25.7 Å². The zero-order valence-electron chi connectivity index (χ0n) is 14.5. The van der Waals surface area contributed by atoms with Gasteiger partial charge in [0.05, 0.1) is 18.8 Å². The maximum Gasteiger partial charge on any atom is 0.354 e. The molecular weight excluding hydrogens is 340 g/mol. The number of hydrogen-bond acceptors (Lipinski definition) is 3. The number of carboxylic acid groups (broad SMARTS) is 1. The van der Waals surface area contributed by atoms with Gasteiger partial charge in [0.25, 0.3) is 0 Å². The van der Waals surface area contributed by atoms with Crippen LogP contribution in [0.1, 0.15) is 21.7 Å². The van der Waals surface area contributed by atoms with Gasteiger partial charge in [0.1, 0.15) is 5.69 Å². The van der Waals surface area contributed by atoms with Crippen LogP contribution in [0.25, 0.3) is 22.2 Å². The Morgan fingerprint density at radius 2 is 1.78 bits per heavy atom. The first-order valence-corrected chi connectivity index (χ1v) is 8.63. The number of hydrogen-bond donors (Lipinski definition) is 2. The molecule has 134 valence electrons. The maximum atomic E-state index is 11.2. The van der Waals surface area contributed by atoms with Crippen molar-refractivity contribution in [2.75, 3.05) is 0 Å². The summed E-state index contributed by atoms with van der Waals surface area (Å²) in [5, 5.41) is 19.7. The number of aromatic carboxylic acids is 1. The van der Waals surface area contributed by atoms with Gasteiger partial charge >= 0.3 is 5.97 Å². The summed E-state index contributed by atoms with van der Waals surface area (Å²) in [6.45, 7) is 0.442. The lowest BCUT2D eigenvalue weighted by Crippen LogP contribution is -2.07. The Balaban J connectivity index is 1.87. The van der Waals surface area contributed by atoms with E-state index < -0.39 is 5.97 Å². The first-order chi connectivity index (χ1) is 13.2. The SMILES string of the molecule is O=C(O)c1cccc(Cn2c(-c3ccccc3)cc3cc(CO)ccc32)n1. The smallest absolute Gasteiger partial charge is 0.354 e. The van der Waals surface area contributed by atoms with E-state index in [2.05, 4.69) is 15.6 Å². The van der Waals surface area contributed by atoms with Crippen molar-refractivity contribution in [1.82, 2.24) is 9.55 Å². The number of aliphatic hydroxyl groups is 1. The highest BCUT2D eigenvalue weighted by Crippen LogP contribution is 2.29. The molecule has 0 atom stereocenters. The predicted octanol–water partition coefficient (Wildman–Crippen LogP) is 3.94. The van der Waals surface area contributed by atoms with Gasteiger partial charge < -0.3 is 14.8 Å². The summed E-state index contributed by atoms with van der Waals surface area (Å²) in [5.41, 5.74) is 4.65. The van der Waals surface area contributed by atoms with Crippen molar-refractivity contribution in [2.45, 2.75) is 13.2 Å². The van der Waals surface area contributed by atoms with E-state index in [1.807, 2.05) is 54.6 Å². The highest BCUT2D eigenvalue weighted by Gasteiger charge is 2.13. The highest BCUT2D eigenvalue weighted by atomic mass is 16.4. The molecule has 0 amide bonds. The fourth-order valence-electron chi connectivity index (χ4n) is 3.29. The number of rotatable bonds is 5. The quantitative estimate of drug-likeness (QED) is 0.567. The van der Waals surface area contributed by atoms with E-state index in [1.54, 1.807) is 6.07 Å². The average molecular weight is 358 g/mol. The van der Waals surface area contributed by atoms with E-state index in [1.165, 1.54) is 6.07 Å². The Bertz CT molecular complexity index is 1120. The first kappa shape index (κ1) is 17.0. The largest absolute Gasteiger partial charge is 0.477 e. The van der Waals surface area contributed by atoms with Gasteiger partial charge in [0.15, 0.2) is 0 Å². The van der Waals surface area contributed by atoms with Crippen molar-refractivity contribution >= 4 is 16.9 Å². The summed E-state index contributed by atoms with van der Waals surface area (Å²) in [6.07, 6.45) is 0. The molecule has 0 aliphatic carbocycles. The van der Waals surface area contributed by atoms with E-state index >= 15 is 0 Å². The van der Waals surface area contributed by atoms with Crippen LogP contribution < -0.4 is 0 Å². The number of carbonyl (C=O) groups is 1. The Hall–Kier alpha value is -3.44. The second kappa shape index (κ2) is 7.05. The van der Waals surface area contributed by atoms with Crippen LogP contribution in [0.15, 0.2) is 72.8 Å². The molecule has 4 aromatic rings. The van der Waals surface area contributed by atoms with Crippen molar-refractivity contribution in [3.05, 3.63) is 89.7 Å². The summed E-state index contributed by atoms with van der Waals surface area (Å²) in [7, 11) is 0. The number of benzene rings is 2. The van der Waals surface area contributed by atoms with Gasteiger partial charge in [-0.3, -0.25) is 0 Å². The monoisotopic (exact) mass is 358 g/mol. The molecule has 0 radical (unpaired) electrons. The van der Waals surface area contributed by atoms with Crippen LogP contribution >= 0.6 is 0 Å². The van der Waals surface area contributed by atoms with Gasteiger partial charge in [0.2, 0.25) is 0 Å². The Morgan fingerprint density at radius 3 is 2.52 bits per heavy atom. The Kier molecular flexibility index (Phi) is 4.44. The molecule has 2 heterocycles. The lowest BCUT2D eigenvalue weighted by Gasteiger charge is -2.11. The zero-order valence-corrected chi connectivity index (χ0v) is 14.5. The molecule has 5 nitrogen and oxygen atoms in total.